The molecular weight excluding hydrogens is 534 g/mol. The van der Waals surface area contributed by atoms with E-state index in [4.69, 9.17) is 9.47 Å². The Morgan fingerprint density at radius 1 is 0.744 bits per heavy atom. The molecule has 0 aliphatic carbocycles. The van der Waals surface area contributed by atoms with Gasteiger partial charge in [-0.25, -0.2) is 4.98 Å². The SMILES string of the molecule is O=C(NCc1ccc(OC2CCN(Cc3cccc(Oc4ccccc4)c3)CC2)nc1)c1ccc(-c2ccccc2)cc1. The molecule has 6 rings (SSSR count). The Bertz CT molecular complexity index is 1600. The molecule has 1 fully saturated rings. The Kier molecular flexibility index (Phi) is 9.06. The predicted octanol–water partition coefficient (Wildman–Crippen LogP) is 7.51. The molecule has 1 saturated heterocycles. The van der Waals surface area contributed by atoms with Gasteiger partial charge in [0.25, 0.3) is 5.91 Å². The Morgan fingerprint density at radius 2 is 1.44 bits per heavy atom. The number of hydrogen-bond donors (Lipinski definition) is 1. The molecule has 1 aliphatic rings. The zero-order valence-corrected chi connectivity index (χ0v) is 24.1. The lowest BCUT2D eigenvalue weighted by Crippen LogP contribution is -2.37. The first-order valence-corrected chi connectivity index (χ1v) is 14.8. The fourth-order valence-electron chi connectivity index (χ4n) is 5.26. The summed E-state index contributed by atoms with van der Waals surface area (Å²) in [4.78, 5) is 19.6. The van der Waals surface area contributed by atoms with E-state index in [-0.39, 0.29) is 12.0 Å². The zero-order valence-electron chi connectivity index (χ0n) is 24.1. The zero-order chi connectivity index (χ0) is 29.3. The van der Waals surface area contributed by atoms with Crippen LogP contribution in [0.15, 0.2) is 128 Å². The Morgan fingerprint density at radius 3 is 2.16 bits per heavy atom. The second-order valence-electron chi connectivity index (χ2n) is 10.8. The standard InChI is InChI=1S/C37H35N3O3/c41-37(32-17-15-31(16-18-32)30-9-3-1-4-10-30)39-26-29-14-19-36(38-25-29)43-34-20-22-40(23-21-34)27-28-8-7-13-35(24-28)42-33-11-5-2-6-12-33/h1-19,24-25,34H,20-23,26-27H2,(H,39,41). The summed E-state index contributed by atoms with van der Waals surface area (Å²) in [5.41, 5.74) is 5.01. The number of likely N-dealkylation sites (tertiary alicyclic amines) is 1. The highest BCUT2D eigenvalue weighted by Crippen LogP contribution is 2.24. The fraction of sp³-hybridized carbons (Fsp3) is 0.189. The highest BCUT2D eigenvalue weighted by atomic mass is 16.5. The van der Waals surface area contributed by atoms with E-state index in [0.717, 1.165) is 60.7 Å². The molecule has 0 bridgehead atoms. The summed E-state index contributed by atoms with van der Waals surface area (Å²) in [6.45, 7) is 3.22. The molecule has 216 valence electrons. The van der Waals surface area contributed by atoms with Crippen molar-refractivity contribution in [1.82, 2.24) is 15.2 Å². The van der Waals surface area contributed by atoms with E-state index in [1.165, 1.54) is 5.56 Å². The van der Waals surface area contributed by atoms with Crippen molar-refractivity contribution >= 4 is 5.91 Å². The predicted molar refractivity (Wildman–Crippen MR) is 169 cm³/mol. The van der Waals surface area contributed by atoms with E-state index < -0.39 is 0 Å². The number of para-hydroxylation sites is 1. The average molecular weight is 570 g/mol. The number of nitrogens with one attached hydrogen (secondary N) is 1. The third kappa shape index (κ3) is 7.87. The molecule has 4 aromatic carbocycles. The van der Waals surface area contributed by atoms with Crippen LogP contribution < -0.4 is 14.8 Å². The molecule has 0 spiro atoms. The summed E-state index contributed by atoms with van der Waals surface area (Å²) in [7, 11) is 0. The van der Waals surface area contributed by atoms with Crippen molar-refractivity contribution in [2.75, 3.05) is 13.1 Å². The molecule has 6 nitrogen and oxygen atoms in total. The topological polar surface area (TPSA) is 63.7 Å². The third-order valence-electron chi connectivity index (χ3n) is 7.61. The van der Waals surface area contributed by atoms with Gasteiger partial charge in [0.05, 0.1) is 0 Å². The summed E-state index contributed by atoms with van der Waals surface area (Å²) in [5, 5.41) is 2.98. The normalized spacial score (nSPS) is 13.8. The van der Waals surface area contributed by atoms with Gasteiger partial charge in [-0.2, -0.15) is 0 Å². The van der Waals surface area contributed by atoms with Gasteiger partial charge in [0.1, 0.15) is 17.6 Å². The van der Waals surface area contributed by atoms with Crippen LogP contribution in [0.3, 0.4) is 0 Å². The lowest BCUT2D eigenvalue weighted by molar-refractivity contribution is 0.0931. The molecule has 0 radical (unpaired) electrons. The van der Waals surface area contributed by atoms with Crippen LogP contribution in [0.1, 0.15) is 34.3 Å². The highest BCUT2D eigenvalue weighted by Gasteiger charge is 2.21. The second-order valence-corrected chi connectivity index (χ2v) is 10.8. The van der Waals surface area contributed by atoms with Crippen LogP contribution in [0.25, 0.3) is 11.1 Å². The van der Waals surface area contributed by atoms with Crippen molar-refractivity contribution in [3.05, 3.63) is 144 Å². The van der Waals surface area contributed by atoms with Crippen molar-refractivity contribution < 1.29 is 14.3 Å². The van der Waals surface area contributed by atoms with Crippen molar-refractivity contribution in [3.63, 3.8) is 0 Å². The lowest BCUT2D eigenvalue weighted by Gasteiger charge is -2.32. The molecule has 2 heterocycles. The van der Waals surface area contributed by atoms with Crippen LogP contribution >= 0.6 is 0 Å². The number of pyridine rings is 1. The minimum absolute atomic E-state index is 0.109. The third-order valence-corrected chi connectivity index (χ3v) is 7.61. The van der Waals surface area contributed by atoms with Gasteiger partial charge >= 0.3 is 0 Å². The average Bonchev–Trinajstić information content (AvgIpc) is 3.06. The number of benzene rings is 4. The molecule has 43 heavy (non-hydrogen) atoms. The minimum Gasteiger partial charge on any atom is -0.474 e. The monoisotopic (exact) mass is 569 g/mol. The summed E-state index contributed by atoms with van der Waals surface area (Å²) < 4.78 is 12.2. The number of carbonyl (C=O) groups excluding carboxylic acids is 1. The summed E-state index contributed by atoms with van der Waals surface area (Å²) in [6, 6.07) is 39.8. The Labute approximate surface area is 252 Å². The number of carbonyl (C=O) groups is 1. The Balaban J connectivity index is 0.933. The van der Waals surface area contributed by atoms with Gasteiger partial charge in [0.2, 0.25) is 5.88 Å². The summed E-state index contributed by atoms with van der Waals surface area (Å²) >= 11 is 0. The number of ether oxygens (including phenoxy) is 2. The molecule has 5 aromatic rings. The summed E-state index contributed by atoms with van der Waals surface area (Å²) in [6.07, 6.45) is 3.81. The van der Waals surface area contributed by atoms with Gasteiger partial charge in [-0.3, -0.25) is 9.69 Å². The van der Waals surface area contributed by atoms with Crippen molar-refractivity contribution in [2.24, 2.45) is 0 Å². The highest BCUT2D eigenvalue weighted by molar-refractivity contribution is 5.94. The number of aromatic nitrogens is 1. The van der Waals surface area contributed by atoms with Crippen LogP contribution in [-0.4, -0.2) is 35.0 Å². The molecule has 1 aliphatic heterocycles. The van der Waals surface area contributed by atoms with Gasteiger partial charge in [0, 0.05) is 44.0 Å². The molecule has 0 atom stereocenters. The van der Waals surface area contributed by atoms with Crippen molar-refractivity contribution in [1.29, 1.82) is 0 Å². The second kappa shape index (κ2) is 13.8. The van der Waals surface area contributed by atoms with Crippen LogP contribution in [0, 0.1) is 0 Å². The minimum atomic E-state index is -0.109. The van der Waals surface area contributed by atoms with Crippen LogP contribution in [-0.2, 0) is 13.1 Å². The maximum atomic E-state index is 12.7. The van der Waals surface area contributed by atoms with Gasteiger partial charge in [-0.15, -0.1) is 0 Å². The van der Waals surface area contributed by atoms with Gasteiger partial charge in [-0.05, 0) is 71.5 Å². The smallest absolute Gasteiger partial charge is 0.251 e. The molecule has 1 aromatic heterocycles. The maximum absolute atomic E-state index is 12.7. The number of rotatable bonds is 10. The summed E-state index contributed by atoms with van der Waals surface area (Å²) in [5.74, 6) is 2.21. The van der Waals surface area contributed by atoms with Crippen LogP contribution in [0.4, 0.5) is 0 Å². The quantitative estimate of drug-likeness (QED) is 0.189. The first-order chi connectivity index (χ1) is 21.2. The number of amides is 1. The number of piperidine rings is 1. The Hall–Kier alpha value is -4.94. The molecule has 1 amide bonds. The molecule has 0 saturated carbocycles. The molecular formula is C37H35N3O3. The van der Waals surface area contributed by atoms with Gasteiger partial charge < -0.3 is 14.8 Å². The van der Waals surface area contributed by atoms with Gasteiger partial charge in [0.15, 0.2) is 0 Å². The van der Waals surface area contributed by atoms with Gasteiger partial charge in [-0.1, -0.05) is 78.9 Å². The van der Waals surface area contributed by atoms with E-state index >= 15 is 0 Å². The van der Waals surface area contributed by atoms with E-state index in [1.807, 2.05) is 97.1 Å². The van der Waals surface area contributed by atoms with Crippen LogP contribution in [0.2, 0.25) is 0 Å². The molecule has 6 heteroatoms. The first kappa shape index (κ1) is 28.2. The first-order valence-electron chi connectivity index (χ1n) is 14.8. The number of nitrogens with zero attached hydrogens (tertiary/aromatic N) is 2. The van der Waals surface area contributed by atoms with E-state index in [0.29, 0.717) is 18.0 Å². The van der Waals surface area contributed by atoms with E-state index in [1.54, 1.807) is 6.20 Å². The fourth-order valence-corrected chi connectivity index (χ4v) is 5.26. The van der Waals surface area contributed by atoms with Crippen molar-refractivity contribution in [3.8, 4) is 28.5 Å². The number of hydrogen-bond acceptors (Lipinski definition) is 5. The largest absolute Gasteiger partial charge is 0.474 e. The van der Waals surface area contributed by atoms with E-state index in [2.05, 4.69) is 39.5 Å². The van der Waals surface area contributed by atoms with E-state index in [9.17, 15) is 4.79 Å². The maximum Gasteiger partial charge on any atom is 0.251 e. The molecule has 0 unspecified atom stereocenters. The van der Waals surface area contributed by atoms with Crippen molar-refractivity contribution in [2.45, 2.75) is 32.0 Å². The molecule has 1 N–H and O–H groups in total. The lowest BCUT2D eigenvalue weighted by atomic mass is 10.0. The van der Waals surface area contributed by atoms with Crippen LogP contribution in [0.5, 0.6) is 17.4 Å².